The van der Waals surface area contributed by atoms with Gasteiger partial charge in [-0.15, -0.1) is 0 Å². The maximum atomic E-state index is 12.3. The molecule has 3 rings (SSSR count). The number of aliphatic hydroxyl groups is 1. The van der Waals surface area contributed by atoms with Gasteiger partial charge in [-0.05, 0) is 38.8 Å². The molecular formula is C13H23N3O2. The molecule has 3 atom stereocenters. The van der Waals surface area contributed by atoms with Crippen LogP contribution in [0.3, 0.4) is 0 Å². The molecule has 0 bridgehead atoms. The highest BCUT2D eigenvalue weighted by Gasteiger charge is 2.36. The van der Waals surface area contributed by atoms with E-state index in [0.29, 0.717) is 19.0 Å². The summed E-state index contributed by atoms with van der Waals surface area (Å²) in [7, 11) is 0. The fourth-order valence-corrected chi connectivity index (χ4v) is 3.47. The van der Waals surface area contributed by atoms with Crippen molar-refractivity contribution < 1.29 is 9.90 Å². The molecule has 3 unspecified atom stereocenters. The number of β-amino-alcohol motifs (C(OH)–C–C–N with tert-alkyl or cyclic N) is 1. The van der Waals surface area contributed by atoms with Gasteiger partial charge >= 0.3 is 0 Å². The van der Waals surface area contributed by atoms with Gasteiger partial charge in [0.15, 0.2) is 0 Å². The first-order valence-corrected chi connectivity index (χ1v) is 7.18. The van der Waals surface area contributed by atoms with Crippen molar-refractivity contribution in [1.29, 1.82) is 0 Å². The Bertz CT molecular complexity index is 317. The first-order chi connectivity index (χ1) is 8.74. The number of amides is 1. The molecule has 5 heteroatoms. The Kier molecular flexibility index (Phi) is 3.54. The molecule has 3 saturated heterocycles. The number of carbonyl (C=O) groups is 1. The highest BCUT2D eigenvalue weighted by molar-refractivity contribution is 5.82. The van der Waals surface area contributed by atoms with Gasteiger partial charge < -0.3 is 15.3 Å². The average molecular weight is 253 g/mol. The first kappa shape index (κ1) is 12.4. The number of nitrogens with zero attached hydrogens (tertiary/aromatic N) is 2. The fraction of sp³-hybridized carbons (Fsp3) is 0.923. The van der Waals surface area contributed by atoms with E-state index < -0.39 is 0 Å². The van der Waals surface area contributed by atoms with Crippen LogP contribution in [0.15, 0.2) is 0 Å². The van der Waals surface area contributed by atoms with Crippen molar-refractivity contribution in [1.82, 2.24) is 15.1 Å². The zero-order valence-electron chi connectivity index (χ0n) is 10.8. The number of hydrogen-bond donors (Lipinski definition) is 2. The SMILES string of the molecule is O=C(C1CC(O)CN1)N1CCC(N2CCCC2)C1. The van der Waals surface area contributed by atoms with E-state index in [1.54, 1.807) is 0 Å². The minimum Gasteiger partial charge on any atom is -0.392 e. The number of nitrogens with one attached hydrogen (secondary N) is 1. The minimum absolute atomic E-state index is 0.155. The van der Waals surface area contributed by atoms with Crippen molar-refractivity contribution in [2.75, 3.05) is 32.7 Å². The predicted octanol–water partition coefficient (Wildman–Crippen LogP) is -0.594. The van der Waals surface area contributed by atoms with Gasteiger partial charge in [-0.25, -0.2) is 0 Å². The van der Waals surface area contributed by atoms with E-state index in [9.17, 15) is 9.90 Å². The largest absolute Gasteiger partial charge is 0.392 e. The van der Waals surface area contributed by atoms with Crippen LogP contribution in [0, 0.1) is 0 Å². The van der Waals surface area contributed by atoms with Crippen molar-refractivity contribution in [2.24, 2.45) is 0 Å². The Morgan fingerprint density at radius 3 is 2.67 bits per heavy atom. The first-order valence-electron chi connectivity index (χ1n) is 7.18. The second kappa shape index (κ2) is 5.15. The number of rotatable bonds is 2. The van der Waals surface area contributed by atoms with Gasteiger partial charge in [0.2, 0.25) is 5.91 Å². The summed E-state index contributed by atoms with van der Waals surface area (Å²) in [4.78, 5) is 16.8. The monoisotopic (exact) mass is 253 g/mol. The van der Waals surface area contributed by atoms with E-state index in [1.807, 2.05) is 4.90 Å². The minimum atomic E-state index is -0.351. The Labute approximate surface area is 108 Å². The summed E-state index contributed by atoms with van der Waals surface area (Å²) >= 11 is 0. The smallest absolute Gasteiger partial charge is 0.239 e. The lowest BCUT2D eigenvalue weighted by Gasteiger charge is -2.24. The van der Waals surface area contributed by atoms with Gasteiger partial charge in [0.1, 0.15) is 0 Å². The van der Waals surface area contributed by atoms with Crippen LogP contribution in [-0.2, 0) is 4.79 Å². The molecule has 0 spiro atoms. The van der Waals surface area contributed by atoms with Crippen LogP contribution in [0.1, 0.15) is 25.7 Å². The van der Waals surface area contributed by atoms with Crippen molar-refractivity contribution in [3.8, 4) is 0 Å². The third kappa shape index (κ3) is 2.39. The number of carbonyl (C=O) groups excluding carboxylic acids is 1. The van der Waals surface area contributed by atoms with Crippen LogP contribution in [0.2, 0.25) is 0 Å². The predicted molar refractivity (Wildman–Crippen MR) is 68.2 cm³/mol. The molecule has 5 nitrogen and oxygen atoms in total. The molecule has 0 aromatic heterocycles. The van der Waals surface area contributed by atoms with E-state index in [-0.39, 0.29) is 18.1 Å². The summed E-state index contributed by atoms with van der Waals surface area (Å²) in [5, 5.41) is 12.6. The third-order valence-corrected chi connectivity index (χ3v) is 4.54. The van der Waals surface area contributed by atoms with Gasteiger partial charge in [-0.3, -0.25) is 9.69 Å². The molecule has 102 valence electrons. The van der Waals surface area contributed by atoms with Crippen LogP contribution in [-0.4, -0.2) is 71.7 Å². The molecule has 18 heavy (non-hydrogen) atoms. The van der Waals surface area contributed by atoms with Gasteiger partial charge in [0.05, 0.1) is 12.1 Å². The fourth-order valence-electron chi connectivity index (χ4n) is 3.47. The van der Waals surface area contributed by atoms with Crippen LogP contribution >= 0.6 is 0 Å². The Balaban J connectivity index is 1.53. The zero-order chi connectivity index (χ0) is 12.5. The summed E-state index contributed by atoms with van der Waals surface area (Å²) in [6, 6.07) is 0.417. The summed E-state index contributed by atoms with van der Waals surface area (Å²) in [5.74, 6) is 0.188. The lowest BCUT2D eigenvalue weighted by molar-refractivity contribution is -0.132. The molecule has 3 aliphatic heterocycles. The molecule has 1 amide bonds. The van der Waals surface area contributed by atoms with Crippen molar-refractivity contribution >= 4 is 5.91 Å². The number of hydrogen-bond acceptors (Lipinski definition) is 4. The lowest BCUT2D eigenvalue weighted by Crippen LogP contribution is -2.44. The maximum absolute atomic E-state index is 12.3. The topological polar surface area (TPSA) is 55.8 Å². The van der Waals surface area contributed by atoms with Crippen LogP contribution < -0.4 is 5.32 Å². The normalized spacial score (nSPS) is 37.6. The van der Waals surface area contributed by atoms with Crippen LogP contribution in [0.25, 0.3) is 0 Å². The molecule has 3 aliphatic rings. The van der Waals surface area contributed by atoms with E-state index in [2.05, 4.69) is 10.2 Å². The van der Waals surface area contributed by atoms with Gasteiger partial charge in [0.25, 0.3) is 0 Å². The molecule has 0 saturated carbocycles. The van der Waals surface area contributed by atoms with Gasteiger partial charge in [-0.1, -0.05) is 0 Å². The molecule has 0 aromatic rings. The van der Waals surface area contributed by atoms with Crippen LogP contribution in [0.5, 0.6) is 0 Å². The van der Waals surface area contributed by atoms with E-state index in [4.69, 9.17) is 0 Å². The molecular weight excluding hydrogens is 230 g/mol. The van der Waals surface area contributed by atoms with Crippen molar-refractivity contribution in [2.45, 2.75) is 43.9 Å². The molecule has 0 aliphatic carbocycles. The van der Waals surface area contributed by atoms with E-state index in [0.717, 1.165) is 19.5 Å². The molecule has 3 heterocycles. The Morgan fingerprint density at radius 2 is 2.00 bits per heavy atom. The summed E-state index contributed by atoms with van der Waals surface area (Å²) in [6.45, 7) is 4.72. The van der Waals surface area contributed by atoms with Crippen molar-refractivity contribution in [3.05, 3.63) is 0 Å². The Morgan fingerprint density at radius 1 is 1.22 bits per heavy atom. The standard InChI is InChI=1S/C13H23N3O2/c17-11-7-12(14-8-11)13(18)16-6-3-10(9-16)15-4-1-2-5-15/h10-12,14,17H,1-9H2. The molecule has 0 radical (unpaired) electrons. The summed E-state index contributed by atoms with van der Waals surface area (Å²) in [6.07, 6.45) is 3.95. The summed E-state index contributed by atoms with van der Waals surface area (Å²) in [5.41, 5.74) is 0. The lowest BCUT2D eigenvalue weighted by atomic mass is 10.2. The number of aliphatic hydroxyl groups excluding tert-OH is 1. The van der Waals surface area contributed by atoms with E-state index in [1.165, 1.54) is 25.9 Å². The molecule has 2 N–H and O–H groups in total. The highest BCUT2D eigenvalue weighted by atomic mass is 16.3. The van der Waals surface area contributed by atoms with Gasteiger partial charge in [0, 0.05) is 25.7 Å². The Hall–Kier alpha value is -0.650. The third-order valence-electron chi connectivity index (χ3n) is 4.54. The second-order valence-electron chi connectivity index (χ2n) is 5.82. The molecule has 3 fully saturated rings. The highest BCUT2D eigenvalue weighted by Crippen LogP contribution is 2.22. The van der Waals surface area contributed by atoms with Crippen LogP contribution in [0.4, 0.5) is 0 Å². The average Bonchev–Trinajstić information content (AvgIpc) is 3.09. The second-order valence-corrected chi connectivity index (χ2v) is 5.82. The van der Waals surface area contributed by atoms with Gasteiger partial charge in [-0.2, -0.15) is 0 Å². The maximum Gasteiger partial charge on any atom is 0.239 e. The van der Waals surface area contributed by atoms with E-state index >= 15 is 0 Å². The zero-order valence-corrected chi connectivity index (χ0v) is 10.8. The molecule has 0 aromatic carbocycles. The number of likely N-dealkylation sites (tertiary alicyclic amines) is 2. The van der Waals surface area contributed by atoms with Crippen molar-refractivity contribution in [3.63, 3.8) is 0 Å². The quantitative estimate of drug-likeness (QED) is 0.690. The summed E-state index contributed by atoms with van der Waals surface area (Å²) < 4.78 is 0.